The molecule has 1 aliphatic rings. The number of hydrogen-bond donors (Lipinski definition) is 0. The van der Waals surface area contributed by atoms with Crippen LogP contribution in [0, 0.1) is 11.3 Å². The smallest absolute Gasteiger partial charge is 0.243 e. The van der Waals surface area contributed by atoms with Crippen LogP contribution in [0.4, 0.5) is 0 Å². The van der Waals surface area contributed by atoms with E-state index in [9.17, 15) is 13.2 Å². The van der Waals surface area contributed by atoms with E-state index in [0.29, 0.717) is 30.0 Å². The minimum absolute atomic E-state index is 0.0776. The van der Waals surface area contributed by atoms with Crippen LogP contribution in [0.2, 0.25) is 0 Å². The van der Waals surface area contributed by atoms with Crippen molar-refractivity contribution in [2.24, 2.45) is 0 Å². The molecule has 1 fully saturated rings. The summed E-state index contributed by atoms with van der Waals surface area (Å²) in [5.41, 5.74) is 1.08. The van der Waals surface area contributed by atoms with Crippen LogP contribution >= 0.6 is 0 Å². The Labute approximate surface area is 164 Å². The van der Waals surface area contributed by atoms with Crippen LogP contribution < -0.4 is 4.74 Å². The molecule has 2 aromatic carbocycles. The van der Waals surface area contributed by atoms with Gasteiger partial charge in [0.25, 0.3) is 0 Å². The van der Waals surface area contributed by atoms with Crippen molar-refractivity contribution >= 4 is 21.9 Å². The summed E-state index contributed by atoms with van der Waals surface area (Å²) < 4.78 is 31.9. The standard InChI is InChI=1S/C21H20N2O4S/c22-13-16-27-21-6-2-1-5-18(21)9-12-20(24)17-7-10-19(11-8-17)28(25,26)23-14-3-4-15-23/h1-2,5-12H,3-4,14-16H2/b12-9+. The van der Waals surface area contributed by atoms with Crippen molar-refractivity contribution < 1.29 is 17.9 Å². The molecule has 0 radical (unpaired) electrons. The molecule has 144 valence electrons. The highest BCUT2D eigenvalue weighted by molar-refractivity contribution is 7.89. The molecule has 0 aliphatic carbocycles. The Kier molecular flexibility index (Phi) is 6.24. The third kappa shape index (κ3) is 4.47. The molecule has 7 heteroatoms. The maximum absolute atomic E-state index is 12.5. The Morgan fingerprint density at radius 1 is 1.11 bits per heavy atom. The van der Waals surface area contributed by atoms with Crippen LogP contribution in [0.1, 0.15) is 28.8 Å². The van der Waals surface area contributed by atoms with Gasteiger partial charge in [-0.1, -0.05) is 18.2 Å². The molecule has 3 rings (SSSR count). The first-order chi connectivity index (χ1) is 13.5. The monoisotopic (exact) mass is 396 g/mol. The van der Waals surface area contributed by atoms with Crippen LogP contribution in [0.5, 0.6) is 5.75 Å². The van der Waals surface area contributed by atoms with E-state index < -0.39 is 10.0 Å². The van der Waals surface area contributed by atoms with Crippen LogP contribution in [0.3, 0.4) is 0 Å². The summed E-state index contributed by atoms with van der Waals surface area (Å²) in [4.78, 5) is 12.6. The summed E-state index contributed by atoms with van der Waals surface area (Å²) in [5, 5.41) is 8.64. The molecular weight excluding hydrogens is 376 g/mol. The first-order valence-corrected chi connectivity index (χ1v) is 10.4. The lowest BCUT2D eigenvalue weighted by Crippen LogP contribution is -2.27. The van der Waals surface area contributed by atoms with Crippen LogP contribution in [0.25, 0.3) is 6.08 Å². The number of para-hydroxylation sites is 1. The largest absolute Gasteiger partial charge is 0.478 e. The van der Waals surface area contributed by atoms with E-state index in [0.717, 1.165) is 12.8 Å². The number of allylic oxidation sites excluding steroid dienone is 1. The summed E-state index contributed by atoms with van der Waals surface area (Å²) in [7, 11) is -3.49. The summed E-state index contributed by atoms with van der Waals surface area (Å²) in [6.45, 7) is 1.00. The fraction of sp³-hybridized carbons (Fsp3) is 0.238. The zero-order valence-corrected chi connectivity index (χ0v) is 16.1. The topological polar surface area (TPSA) is 87.5 Å². The number of nitrogens with zero attached hydrogens (tertiary/aromatic N) is 2. The fourth-order valence-corrected chi connectivity index (χ4v) is 4.51. The molecule has 0 saturated carbocycles. The van der Waals surface area contributed by atoms with E-state index >= 15 is 0 Å². The molecule has 0 unspecified atom stereocenters. The second-order valence-corrected chi connectivity index (χ2v) is 8.26. The van der Waals surface area contributed by atoms with Gasteiger partial charge in [0.1, 0.15) is 11.8 Å². The summed E-state index contributed by atoms with van der Waals surface area (Å²) in [6.07, 6.45) is 4.77. The minimum Gasteiger partial charge on any atom is -0.478 e. The van der Waals surface area contributed by atoms with E-state index in [1.54, 1.807) is 30.3 Å². The number of benzene rings is 2. The van der Waals surface area contributed by atoms with Gasteiger partial charge in [0.15, 0.2) is 12.4 Å². The highest BCUT2D eigenvalue weighted by Gasteiger charge is 2.27. The maximum atomic E-state index is 12.5. The van der Waals surface area contributed by atoms with Crippen molar-refractivity contribution in [2.45, 2.75) is 17.7 Å². The van der Waals surface area contributed by atoms with Gasteiger partial charge in [0.05, 0.1) is 4.90 Å². The van der Waals surface area contributed by atoms with Crippen molar-refractivity contribution in [3.05, 3.63) is 65.7 Å². The Morgan fingerprint density at radius 2 is 1.79 bits per heavy atom. The molecule has 0 N–H and O–H groups in total. The molecule has 0 atom stereocenters. The van der Waals surface area contributed by atoms with Crippen LogP contribution in [-0.2, 0) is 10.0 Å². The highest BCUT2D eigenvalue weighted by atomic mass is 32.2. The predicted octanol–water partition coefficient (Wildman–Crippen LogP) is 3.27. The van der Waals surface area contributed by atoms with Crippen LogP contribution in [0.15, 0.2) is 59.5 Å². The van der Waals surface area contributed by atoms with E-state index in [1.165, 1.54) is 34.6 Å². The lowest BCUT2D eigenvalue weighted by molar-refractivity contribution is 0.104. The molecule has 0 bridgehead atoms. The molecule has 1 saturated heterocycles. The number of carbonyl (C=O) groups is 1. The molecule has 0 spiro atoms. The average Bonchev–Trinajstić information content (AvgIpc) is 3.27. The first-order valence-electron chi connectivity index (χ1n) is 8.94. The van der Waals surface area contributed by atoms with Crippen molar-refractivity contribution in [3.63, 3.8) is 0 Å². The number of carbonyl (C=O) groups excluding carboxylic acids is 1. The Bertz CT molecular complexity index is 1020. The quantitative estimate of drug-likeness (QED) is 0.529. The Morgan fingerprint density at radius 3 is 2.46 bits per heavy atom. The number of nitriles is 1. The SMILES string of the molecule is N#CCOc1ccccc1/C=C/C(=O)c1ccc(S(=O)(=O)N2CCCC2)cc1. The predicted molar refractivity (Wildman–Crippen MR) is 105 cm³/mol. The van der Waals surface area contributed by atoms with Gasteiger partial charge in [0, 0.05) is 24.2 Å². The number of sulfonamides is 1. The molecule has 28 heavy (non-hydrogen) atoms. The van der Waals surface area contributed by atoms with Crippen molar-refractivity contribution in [2.75, 3.05) is 19.7 Å². The number of hydrogen-bond acceptors (Lipinski definition) is 5. The number of ether oxygens (including phenoxy) is 1. The van der Waals surface area contributed by atoms with Crippen molar-refractivity contribution in [1.29, 1.82) is 5.26 Å². The van der Waals surface area contributed by atoms with Gasteiger partial charge < -0.3 is 4.74 Å². The van der Waals surface area contributed by atoms with Gasteiger partial charge in [-0.15, -0.1) is 0 Å². The summed E-state index contributed by atoms with van der Waals surface area (Å²) in [6, 6.07) is 15.0. The second-order valence-electron chi connectivity index (χ2n) is 6.32. The van der Waals surface area contributed by atoms with Gasteiger partial charge in [-0.05, 0) is 55.3 Å². The minimum atomic E-state index is -3.49. The normalized spacial score (nSPS) is 14.8. The third-order valence-electron chi connectivity index (χ3n) is 4.47. The van der Waals surface area contributed by atoms with E-state index in [1.807, 2.05) is 6.07 Å². The van der Waals surface area contributed by atoms with Gasteiger partial charge in [0.2, 0.25) is 10.0 Å². The van der Waals surface area contributed by atoms with Crippen molar-refractivity contribution in [1.82, 2.24) is 4.31 Å². The molecule has 2 aromatic rings. The van der Waals surface area contributed by atoms with E-state index in [2.05, 4.69) is 0 Å². The van der Waals surface area contributed by atoms with Crippen LogP contribution in [-0.4, -0.2) is 38.2 Å². The number of rotatable bonds is 7. The van der Waals surface area contributed by atoms with Gasteiger partial charge in [-0.2, -0.15) is 9.57 Å². The zero-order valence-electron chi connectivity index (χ0n) is 15.2. The molecule has 0 amide bonds. The summed E-state index contributed by atoms with van der Waals surface area (Å²) >= 11 is 0. The van der Waals surface area contributed by atoms with Gasteiger partial charge >= 0.3 is 0 Å². The second kappa shape index (κ2) is 8.83. The van der Waals surface area contributed by atoms with E-state index in [4.69, 9.17) is 10.00 Å². The highest BCUT2D eigenvalue weighted by Crippen LogP contribution is 2.22. The van der Waals surface area contributed by atoms with E-state index in [-0.39, 0.29) is 17.3 Å². The van der Waals surface area contributed by atoms with Gasteiger partial charge in [-0.25, -0.2) is 8.42 Å². The average molecular weight is 396 g/mol. The lowest BCUT2D eigenvalue weighted by Gasteiger charge is -2.15. The van der Waals surface area contributed by atoms with Crippen molar-refractivity contribution in [3.8, 4) is 11.8 Å². The Hall–Kier alpha value is -2.95. The maximum Gasteiger partial charge on any atom is 0.243 e. The zero-order chi connectivity index (χ0) is 20.0. The van der Waals surface area contributed by atoms with Gasteiger partial charge in [-0.3, -0.25) is 4.79 Å². The number of ketones is 1. The Balaban J connectivity index is 1.74. The molecule has 1 heterocycles. The molecule has 6 nitrogen and oxygen atoms in total. The molecule has 1 aliphatic heterocycles. The fourth-order valence-electron chi connectivity index (χ4n) is 2.99. The molecule has 0 aromatic heterocycles. The lowest BCUT2D eigenvalue weighted by atomic mass is 10.1. The summed E-state index contributed by atoms with van der Waals surface area (Å²) in [5.74, 6) is 0.264. The third-order valence-corrected chi connectivity index (χ3v) is 6.38. The first kappa shape index (κ1) is 19.8. The molecular formula is C21H20N2O4S.